The molecule has 2 atom stereocenters. The Balaban J connectivity index is 1.36. The van der Waals surface area contributed by atoms with E-state index in [4.69, 9.17) is 9.78 Å². The van der Waals surface area contributed by atoms with Gasteiger partial charge in [0, 0.05) is 18.2 Å². The first kappa shape index (κ1) is 16.6. The van der Waals surface area contributed by atoms with Gasteiger partial charge in [0.25, 0.3) is 5.82 Å². The second kappa shape index (κ2) is 5.50. The summed E-state index contributed by atoms with van der Waals surface area (Å²) in [4.78, 5) is 25.1. The Kier molecular flexibility index (Phi) is 3.05. The molecule has 0 aromatic carbocycles. The highest BCUT2D eigenvalue weighted by molar-refractivity contribution is 5.83. The van der Waals surface area contributed by atoms with Crippen LogP contribution in [0, 0.1) is 29.1 Å². The fourth-order valence-corrected chi connectivity index (χ4v) is 7.33. The van der Waals surface area contributed by atoms with E-state index < -0.39 is 0 Å². The van der Waals surface area contributed by atoms with Crippen LogP contribution in [0.25, 0.3) is 11.0 Å². The number of fused-ring (bicyclic) bond motifs is 3. The van der Waals surface area contributed by atoms with Crippen molar-refractivity contribution in [1.29, 1.82) is 5.26 Å². The molecule has 0 saturated heterocycles. The van der Waals surface area contributed by atoms with Crippen LogP contribution in [0.5, 0.6) is 0 Å². The lowest BCUT2D eigenvalue weighted by Crippen LogP contribution is -2.54. The summed E-state index contributed by atoms with van der Waals surface area (Å²) in [6.45, 7) is 0.863. The van der Waals surface area contributed by atoms with E-state index in [9.17, 15) is 4.79 Å². The lowest BCUT2D eigenvalue weighted by Gasteiger charge is -2.58. The van der Waals surface area contributed by atoms with Gasteiger partial charge in [-0.25, -0.2) is 9.78 Å². The summed E-state index contributed by atoms with van der Waals surface area (Å²) in [7, 11) is 0. The van der Waals surface area contributed by atoms with Crippen LogP contribution in [0.3, 0.4) is 0 Å². The van der Waals surface area contributed by atoms with Crippen molar-refractivity contribution >= 4 is 16.9 Å². The van der Waals surface area contributed by atoms with Crippen molar-refractivity contribution in [2.45, 2.75) is 50.0 Å². The number of pyridine rings is 1. The van der Waals surface area contributed by atoms with E-state index >= 15 is 0 Å². The van der Waals surface area contributed by atoms with Gasteiger partial charge in [0.05, 0.1) is 22.6 Å². The van der Waals surface area contributed by atoms with E-state index in [2.05, 4.69) is 30.0 Å². The summed E-state index contributed by atoms with van der Waals surface area (Å²) < 4.78 is 7.60. The normalized spacial score (nSPS) is 33.6. The van der Waals surface area contributed by atoms with Crippen molar-refractivity contribution in [2.24, 2.45) is 17.8 Å². The standard InChI is InChI=1S/C21H21N7O2/c22-8-15-26-19(30-27-15)21-5-10-3-11(6-21)16(12(4-10)7-21)28-17-13-1-2-23-18(13)24-9-14(17)25-20(28)29/h9-12,16H,1-7H2,(H,23,24)(H,25,29). The number of imidazole rings is 1. The maximum Gasteiger partial charge on any atom is 0.326 e. The first-order valence-electron chi connectivity index (χ1n) is 10.8. The van der Waals surface area contributed by atoms with Gasteiger partial charge in [-0.15, -0.1) is 0 Å². The van der Waals surface area contributed by atoms with E-state index in [0.29, 0.717) is 23.6 Å². The van der Waals surface area contributed by atoms with Crippen molar-refractivity contribution in [3.05, 3.63) is 34.0 Å². The van der Waals surface area contributed by atoms with Crippen LogP contribution in [0.4, 0.5) is 5.82 Å². The topological polar surface area (TPSA) is 125 Å². The predicted octanol–water partition coefficient (Wildman–Crippen LogP) is 2.27. The van der Waals surface area contributed by atoms with Gasteiger partial charge in [0.2, 0.25) is 5.89 Å². The van der Waals surface area contributed by atoms with Crippen LogP contribution in [0.2, 0.25) is 0 Å². The van der Waals surface area contributed by atoms with Gasteiger partial charge in [0.1, 0.15) is 11.9 Å². The fourth-order valence-electron chi connectivity index (χ4n) is 7.33. The molecule has 4 bridgehead atoms. The Morgan fingerprint density at radius 1 is 1.27 bits per heavy atom. The molecule has 1 aliphatic heterocycles. The molecule has 0 amide bonds. The van der Waals surface area contributed by atoms with Gasteiger partial charge in [-0.2, -0.15) is 10.2 Å². The number of nitriles is 1. The van der Waals surface area contributed by atoms with Crippen LogP contribution in [-0.4, -0.2) is 31.2 Å². The smallest absolute Gasteiger partial charge is 0.326 e. The Labute approximate surface area is 171 Å². The van der Waals surface area contributed by atoms with Gasteiger partial charge in [-0.1, -0.05) is 0 Å². The monoisotopic (exact) mass is 403 g/mol. The molecule has 8 rings (SSSR count). The van der Waals surface area contributed by atoms with Gasteiger partial charge < -0.3 is 14.8 Å². The number of nitrogens with zero attached hydrogens (tertiary/aromatic N) is 5. The maximum absolute atomic E-state index is 13.1. The molecule has 152 valence electrons. The Morgan fingerprint density at radius 3 is 2.87 bits per heavy atom. The number of H-pyrrole nitrogens is 1. The SMILES string of the molecule is N#Cc1noc(C23CC4CC(C2)C(n2c(=O)[nH]c5cnc6c(c52)CCN6)C(C4)C3)n1. The molecule has 0 spiro atoms. The number of aromatic nitrogens is 5. The molecule has 9 nitrogen and oxygen atoms in total. The summed E-state index contributed by atoms with van der Waals surface area (Å²) >= 11 is 0. The first-order chi connectivity index (χ1) is 14.6. The molecule has 5 aliphatic rings. The Morgan fingerprint density at radius 2 is 2.10 bits per heavy atom. The minimum Gasteiger partial charge on any atom is -0.369 e. The van der Waals surface area contributed by atoms with Crippen LogP contribution in [0.1, 0.15) is 55.4 Å². The summed E-state index contributed by atoms with van der Waals surface area (Å²) in [5.74, 6) is 3.04. The van der Waals surface area contributed by atoms with Gasteiger partial charge in [-0.3, -0.25) is 4.57 Å². The second-order valence-electron chi connectivity index (χ2n) is 9.60. The van der Waals surface area contributed by atoms with E-state index in [1.165, 1.54) is 0 Å². The molecule has 0 radical (unpaired) electrons. The minimum absolute atomic E-state index is 0.0248. The van der Waals surface area contributed by atoms with Gasteiger partial charge in [-0.05, 0) is 61.4 Å². The van der Waals surface area contributed by atoms with Gasteiger partial charge >= 0.3 is 5.69 Å². The predicted molar refractivity (Wildman–Crippen MR) is 106 cm³/mol. The van der Waals surface area contributed by atoms with Crippen molar-refractivity contribution in [3.63, 3.8) is 0 Å². The number of anilines is 1. The minimum atomic E-state index is -0.143. The van der Waals surface area contributed by atoms with E-state index in [-0.39, 0.29) is 23.0 Å². The molecule has 4 saturated carbocycles. The fraction of sp³-hybridized carbons (Fsp3) is 0.571. The molecule has 4 aliphatic carbocycles. The van der Waals surface area contributed by atoms with E-state index in [1.807, 2.05) is 6.07 Å². The average molecular weight is 403 g/mol. The highest BCUT2D eigenvalue weighted by Crippen LogP contribution is 2.64. The molecule has 9 heteroatoms. The number of aromatic amines is 1. The lowest BCUT2D eigenvalue weighted by molar-refractivity contribution is -0.0600. The number of hydrogen-bond acceptors (Lipinski definition) is 7. The largest absolute Gasteiger partial charge is 0.369 e. The second-order valence-corrected chi connectivity index (χ2v) is 9.60. The van der Waals surface area contributed by atoms with Crippen molar-refractivity contribution in [1.82, 2.24) is 24.7 Å². The number of nitrogens with one attached hydrogen (secondary N) is 2. The Bertz CT molecular complexity index is 1280. The van der Waals surface area contributed by atoms with Crippen LogP contribution in [0.15, 0.2) is 15.5 Å². The molecule has 3 aromatic rings. The zero-order chi connectivity index (χ0) is 20.0. The van der Waals surface area contributed by atoms with Crippen LogP contribution >= 0.6 is 0 Å². The zero-order valence-corrected chi connectivity index (χ0v) is 16.4. The number of hydrogen-bond donors (Lipinski definition) is 2. The van der Waals surface area contributed by atoms with Crippen LogP contribution in [-0.2, 0) is 11.8 Å². The summed E-state index contributed by atoms with van der Waals surface area (Å²) in [6.07, 6.45) is 7.85. The summed E-state index contributed by atoms with van der Waals surface area (Å²) in [5, 5.41) is 16.3. The van der Waals surface area contributed by atoms with Crippen molar-refractivity contribution < 1.29 is 4.52 Å². The first-order valence-corrected chi connectivity index (χ1v) is 10.8. The third kappa shape index (κ3) is 2.01. The highest BCUT2D eigenvalue weighted by atomic mass is 16.5. The molecule has 30 heavy (non-hydrogen) atoms. The molecule has 4 fully saturated rings. The van der Waals surface area contributed by atoms with Crippen molar-refractivity contribution in [2.75, 3.05) is 11.9 Å². The molecule has 2 unspecified atom stereocenters. The zero-order valence-electron chi connectivity index (χ0n) is 16.4. The molecule has 3 aromatic heterocycles. The molecular formula is C21H21N7O2. The Hall–Kier alpha value is -3.15. The summed E-state index contributed by atoms with van der Waals surface area (Å²) in [5.41, 5.74) is 2.86. The van der Waals surface area contributed by atoms with Gasteiger partial charge in [0.15, 0.2) is 0 Å². The average Bonchev–Trinajstić information content (AvgIpc) is 3.45. The third-order valence-electron chi connectivity index (χ3n) is 8.02. The lowest BCUT2D eigenvalue weighted by atomic mass is 9.47. The maximum atomic E-state index is 13.1. The van der Waals surface area contributed by atoms with Crippen LogP contribution < -0.4 is 11.0 Å². The third-order valence-corrected chi connectivity index (χ3v) is 8.02. The van der Waals surface area contributed by atoms with Crippen molar-refractivity contribution in [3.8, 4) is 6.07 Å². The highest BCUT2D eigenvalue weighted by Gasteiger charge is 2.59. The molecule has 4 heterocycles. The molecule has 2 N–H and O–H groups in total. The quantitative estimate of drug-likeness (QED) is 0.672. The number of rotatable bonds is 2. The summed E-state index contributed by atoms with van der Waals surface area (Å²) in [6, 6.07) is 2.17. The van der Waals surface area contributed by atoms with E-state index in [0.717, 1.165) is 67.5 Å². The van der Waals surface area contributed by atoms with E-state index in [1.54, 1.807) is 6.20 Å². The molecular weight excluding hydrogens is 382 g/mol.